The average Bonchev–Trinajstić information content (AvgIpc) is 3.69. The number of β-lactam (4-membered cyclic amide) rings is 1. The lowest BCUT2D eigenvalue weighted by Gasteiger charge is -2.48. The van der Waals surface area contributed by atoms with Gasteiger partial charge in [-0.2, -0.15) is 5.10 Å². The molecular formula is C43H36N4O3S2. The molecule has 5 aromatic carbocycles. The number of H-pyrrole nitrogens is 1. The van der Waals surface area contributed by atoms with E-state index in [1.165, 1.54) is 16.7 Å². The molecule has 0 aliphatic carbocycles. The minimum atomic E-state index is -0.711. The maximum atomic E-state index is 14.4. The van der Waals surface area contributed by atoms with Gasteiger partial charge in [-0.3, -0.25) is 14.8 Å². The van der Waals surface area contributed by atoms with Crippen LogP contribution in [0.15, 0.2) is 168 Å². The lowest BCUT2D eigenvalue weighted by Crippen LogP contribution is -2.68. The number of hydrogen-bond donors (Lipinski definition) is 2. The number of rotatable bonds is 11. The van der Waals surface area contributed by atoms with Crippen LogP contribution in [-0.2, 0) is 25.5 Å². The highest BCUT2D eigenvalue weighted by atomic mass is 32.2. The number of fused-ring (bicyclic) bond motifs is 1. The molecule has 0 radical (unpaired) electrons. The van der Waals surface area contributed by atoms with E-state index in [9.17, 15) is 9.59 Å². The molecule has 3 N–H and O–H groups in total. The highest BCUT2D eigenvalue weighted by Gasteiger charge is 2.52. The van der Waals surface area contributed by atoms with E-state index in [4.69, 9.17) is 10.5 Å². The third-order valence-electron chi connectivity index (χ3n) is 9.71. The minimum Gasteiger partial charge on any atom is -0.448 e. The first-order chi connectivity index (χ1) is 25.6. The van der Waals surface area contributed by atoms with Crippen LogP contribution in [0.3, 0.4) is 0 Å². The van der Waals surface area contributed by atoms with Gasteiger partial charge >= 0.3 is 5.97 Å². The van der Waals surface area contributed by atoms with Crippen LogP contribution in [0.5, 0.6) is 0 Å². The number of amides is 1. The van der Waals surface area contributed by atoms with Crippen LogP contribution in [0.25, 0.3) is 0 Å². The molecule has 2 atom stereocenters. The Hall–Kier alpha value is -5.35. The predicted molar refractivity (Wildman–Crippen MR) is 207 cm³/mol. The number of ether oxygens (including phenoxy) is 1. The Morgan fingerprint density at radius 1 is 0.808 bits per heavy atom. The van der Waals surface area contributed by atoms with Crippen LogP contribution in [0, 0.1) is 0 Å². The maximum Gasteiger partial charge on any atom is 0.356 e. The predicted octanol–water partition coefficient (Wildman–Crippen LogP) is 7.81. The molecule has 2 aliphatic heterocycles. The second-order valence-electron chi connectivity index (χ2n) is 12.7. The van der Waals surface area contributed by atoms with E-state index >= 15 is 0 Å². The number of nitrogens with two attached hydrogens (primary N) is 1. The number of carbonyl (C=O) groups excluding carboxylic acids is 2. The van der Waals surface area contributed by atoms with Gasteiger partial charge in [0.25, 0.3) is 0 Å². The van der Waals surface area contributed by atoms with E-state index in [1.54, 1.807) is 11.8 Å². The largest absolute Gasteiger partial charge is 0.448 e. The summed E-state index contributed by atoms with van der Waals surface area (Å²) in [5.74, 6) is 0.183. The van der Waals surface area contributed by atoms with Gasteiger partial charge in [-0.25, -0.2) is 4.79 Å². The molecule has 1 saturated heterocycles. The van der Waals surface area contributed by atoms with Gasteiger partial charge in [0, 0.05) is 22.0 Å². The number of thioether (sulfide) groups is 2. The molecule has 1 aromatic heterocycles. The molecule has 52 heavy (non-hydrogen) atoms. The van der Waals surface area contributed by atoms with Gasteiger partial charge in [-0.1, -0.05) is 152 Å². The van der Waals surface area contributed by atoms with Gasteiger partial charge in [0.15, 0.2) is 6.10 Å². The first-order valence-corrected chi connectivity index (χ1v) is 19.2. The van der Waals surface area contributed by atoms with Crippen molar-refractivity contribution in [1.82, 2.24) is 15.1 Å². The summed E-state index contributed by atoms with van der Waals surface area (Å²) < 4.78 is 6.34. The fourth-order valence-electron chi connectivity index (χ4n) is 7.24. The van der Waals surface area contributed by atoms with Crippen molar-refractivity contribution in [3.8, 4) is 0 Å². The van der Waals surface area contributed by atoms with Crippen molar-refractivity contribution < 1.29 is 14.3 Å². The lowest BCUT2D eigenvalue weighted by atomic mass is 9.66. The van der Waals surface area contributed by atoms with Gasteiger partial charge in [-0.05, 0) is 27.8 Å². The van der Waals surface area contributed by atoms with Crippen LogP contribution >= 0.6 is 23.5 Å². The quantitative estimate of drug-likeness (QED) is 0.0800. The molecule has 0 spiro atoms. The number of nitrogens with one attached hydrogen (secondary N) is 1. The van der Waals surface area contributed by atoms with Crippen LogP contribution in [0.1, 0.15) is 45.2 Å². The first-order valence-electron chi connectivity index (χ1n) is 17.1. The van der Waals surface area contributed by atoms with Crippen molar-refractivity contribution in [3.63, 3.8) is 0 Å². The Labute approximate surface area is 311 Å². The Morgan fingerprint density at radius 2 is 1.29 bits per heavy atom. The van der Waals surface area contributed by atoms with E-state index in [-0.39, 0.29) is 17.0 Å². The molecule has 1 amide bonds. The second-order valence-corrected chi connectivity index (χ2v) is 14.9. The zero-order chi connectivity index (χ0) is 35.5. The molecule has 6 aromatic rings. The van der Waals surface area contributed by atoms with Crippen LogP contribution in [0.4, 0.5) is 0 Å². The topological polar surface area (TPSA) is 101 Å². The van der Waals surface area contributed by atoms with E-state index in [0.29, 0.717) is 11.5 Å². The number of esters is 1. The maximum absolute atomic E-state index is 14.4. The summed E-state index contributed by atoms with van der Waals surface area (Å²) in [7, 11) is 0. The fourth-order valence-corrected chi connectivity index (χ4v) is 9.79. The van der Waals surface area contributed by atoms with Crippen LogP contribution in [-0.4, -0.2) is 44.1 Å². The zero-order valence-electron chi connectivity index (χ0n) is 28.2. The summed E-state index contributed by atoms with van der Waals surface area (Å²) in [5, 5.41) is 7.70. The fraction of sp³-hybridized carbons (Fsp3) is 0.140. The van der Waals surface area contributed by atoms with Crippen LogP contribution < -0.4 is 5.73 Å². The van der Waals surface area contributed by atoms with Crippen molar-refractivity contribution in [2.24, 2.45) is 5.73 Å². The Morgan fingerprint density at radius 3 is 1.79 bits per heavy atom. The molecule has 0 unspecified atom stereocenters. The van der Waals surface area contributed by atoms with Gasteiger partial charge in [0.05, 0.1) is 17.3 Å². The number of benzene rings is 5. The van der Waals surface area contributed by atoms with Crippen molar-refractivity contribution in [2.75, 3.05) is 5.75 Å². The number of aromatic nitrogens is 2. The second kappa shape index (κ2) is 14.7. The van der Waals surface area contributed by atoms with E-state index in [0.717, 1.165) is 44.0 Å². The smallest absolute Gasteiger partial charge is 0.356 e. The van der Waals surface area contributed by atoms with Gasteiger partial charge in [-0.15, -0.1) is 23.5 Å². The molecule has 9 heteroatoms. The molecule has 2 aliphatic rings. The van der Waals surface area contributed by atoms with Crippen molar-refractivity contribution in [3.05, 3.63) is 208 Å². The normalized spacial score (nSPS) is 17.1. The summed E-state index contributed by atoms with van der Waals surface area (Å²) in [6, 6.07) is 50.0. The van der Waals surface area contributed by atoms with Crippen molar-refractivity contribution in [2.45, 2.75) is 28.7 Å². The molecular weight excluding hydrogens is 685 g/mol. The molecule has 8 rings (SSSR count). The van der Waals surface area contributed by atoms with Crippen molar-refractivity contribution in [1.29, 1.82) is 0 Å². The number of aromatic amines is 1. The molecule has 1 fully saturated rings. The van der Waals surface area contributed by atoms with E-state index in [2.05, 4.69) is 83.0 Å². The van der Waals surface area contributed by atoms with Crippen molar-refractivity contribution >= 4 is 35.4 Å². The van der Waals surface area contributed by atoms with E-state index in [1.807, 2.05) is 85.1 Å². The number of hydrogen-bond acceptors (Lipinski definition) is 7. The zero-order valence-corrected chi connectivity index (χ0v) is 29.8. The Bertz CT molecular complexity index is 2060. The molecule has 0 saturated carbocycles. The average molecular weight is 721 g/mol. The van der Waals surface area contributed by atoms with Crippen LogP contribution in [0.2, 0.25) is 0 Å². The third-order valence-corrected chi connectivity index (χ3v) is 12.3. The Kier molecular flexibility index (Phi) is 9.56. The molecule has 7 nitrogen and oxygen atoms in total. The monoisotopic (exact) mass is 720 g/mol. The number of nitrogens with zero attached hydrogens (tertiary/aromatic N) is 2. The molecule has 258 valence electrons. The standard InChI is InChI=1S/C43H36N4O3S2/c44-36-40(48)47-37(42(49)50-38(29-16-6-1-7-17-29)30-18-8-2-9-19-30)35(28-52-41(36)47)51-27-31-26-45-46-39(31)43(32-20-10-3-11-21-32,33-22-12-4-13-23-33)34-24-14-5-15-25-34/h1-26,36,38,41H,27-28,44H2,(H,45,46)/t36-,41+/m1/s1. The van der Waals surface area contributed by atoms with Gasteiger partial charge in [0.2, 0.25) is 5.91 Å². The van der Waals surface area contributed by atoms with E-state index < -0.39 is 23.5 Å². The lowest BCUT2D eigenvalue weighted by molar-refractivity contribution is -0.152. The Balaban J connectivity index is 1.19. The summed E-state index contributed by atoms with van der Waals surface area (Å²) in [5.41, 5.74) is 12.7. The first kappa shape index (κ1) is 33.8. The molecule has 0 bridgehead atoms. The minimum absolute atomic E-state index is 0.266. The highest BCUT2D eigenvalue weighted by Crippen LogP contribution is 2.48. The van der Waals surface area contributed by atoms with Gasteiger partial charge < -0.3 is 10.5 Å². The van der Waals surface area contributed by atoms with Gasteiger partial charge in [0.1, 0.15) is 17.1 Å². The summed E-state index contributed by atoms with van der Waals surface area (Å²) in [6.07, 6.45) is 1.21. The summed E-state index contributed by atoms with van der Waals surface area (Å²) in [4.78, 5) is 30.0. The summed E-state index contributed by atoms with van der Waals surface area (Å²) >= 11 is 3.11. The molecule has 3 heterocycles. The SMILES string of the molecule is N[C@@H]1C(=O)N2C(C(=O)OC(c3ccccc3)c3ccccc3)=C(SCc3cn[nH]c3C(c3ccccc3)(c3ccccc3)c3ccccc3)CS[C@@H]12. The highest BCUT2D eigenvalue weighted by molar-refractivity contribution is 8.05. The third kappa shape index (κ3) is 6.04. The number of carbonyl (C=O) groups is 2. The summed E-state index contributed by atoms with van der Waals surface area (Å²) in [6.45, 7) is 0.